The van der Waals surface area contributed by atoms with Crippen LogP contribution in [-0.2, 0) is 0 Å². The van der Waals surface area contributed by atoms with E-state index < -0.39 is 0 Å². The molecule has 4 nitrogen and oxygen atoms in total. The maximum Gasteiger partial charge on any atom is 0.197 e. The predicted octanol–water partition coefficient (Wildman–Crippen LogP) is 4.37. The average molecular weight is 355 g/mol. The lowest BCUT2D eigenvalue weighted by atomic mass is 10.0. The molecule has 1 heterocycles. The van der Waals surface area contributed by atoms with Crippen LogP contribution < -0.4 is 0 Å². The van der Waals surface area contributed by atoms with Crippen molar-refractivity contribution >= 4 is 44.2 Å². The molecule has 0 radical (unpaired) electrons. The smallest absolute Gasteiger partial charge is 0.197 e. The first-order valence-corrected chi connectivity index (χ1v) is 7.52. The molecule has 0 aliphatic heterocycles. The van der Waals surface area contributed by atoms with Crippen molar-refractivity contribution in [1.29, 1.82) is 0 Å². The summed E-state index contributed by atoms with van der Waals surface area (Å²) in [7, 11) is 0. The van der Waals surface area contributed by atoms with Gasteiger partial charge in [-0.15, -0.1) is 0 Å². The predicted molar refractivity (Wildman–Crippen MR) is 90.3 cm³/mol. The second-order valence-corrected chi connectivity index (χ2v) is 6.05. The molecule has 1 aromatic heterocycles. The summed E-state index contributed by atoms with van der Waals surface area (Å²) in [4.78, 5) is 2.96. The molecule has 0 saturated carbocycles. The Morgan fingerprint density at radius 1 is 1.09 bits per heavy atom. The highest BCUT2D eigenvalue weighted by atomic mass is 79.9. The van der Waals surface area contributed by atoms with E-state index in [0.29, 0.717) is 16.8 Å². The van der Waals surface area contributed by atoms with Crippen LogP contribution in [0.1, 0.15) is 16.7 Å². The lowest BCUT2D eigenvalue weighted by Crippen LogP contribution is -2.00. The maximum absolute atomic E-state index is 10.3. The number of H-pyrrole nitrogens is 1. The van der Waals surface area contributed by atoms with E-state index in [-0.39, 0.29) is 5.88 Å². The number of hydrogen-bond acceptors (Lipinski definition) is 3. The first kappa shape index (κ1) is 13.2. The van der Waals surface area contributed by atoms with Crippen LogP contribution in [0.5, 0.6) is 5.88 Å². The zero-order valence-corrected chi connectivity index (χ0v) is 12.9. The van der Waals surface area contributed by atoms with Gasteiger partial charge in [0, 0.05) is 21.0 Å². The summed E-state index contributed by atoms with van der Waals surface area (Å²) < 4.78 is 0.924. The van der Waals surface area contributed by atoms with Gasteiger partial charge in [-0.3, -0.25) is 0 Å². The third kappa shape index (κ3) is 1.79. The summed E-state index contributed by atoms with van der Waals surface area (Å²) in [5, 5.41) is 24.1. The van der Waals surface area contributed by atoms with Gasteiger partial charge in [0.2, 0.25) is 0 Å². The van der Waals surface area contributed by atoms with E-state index in [1.807, 2.05) is 48.5 Å². The molecule has 0 saturated heterocycles. The second-order valence-electron chi connectivity index (χ2n) is 5.13. The highest BCUT2D eigenvalue weighted by Gasteiger charge is 2.26. The summed E-state index contributed by atoms with van der Waals surface area (Å²) in [5.41, 5.74) is 4.45. The molecule has 5 heteroatoms. The van der Waals surface area contributed by atoms with Crippen LogP contribution in [-0.4, -0.2) is 21.0 Å². The van der Waals surface area contributed by atoms with Crippen molar-refractivity contribution in [2.75, 3.05) is 0 Å². The van der Waals surface area contributed by atoms with Gasteiger partial charge in [0.1, 0.15) is 5.71 Å². The second kappa shape index (κ2) is 4.74. The van der Waals surface area contributed by atoms with Crippen LogP contribution in [0.3, 0.4) is 0 Å². The molecular weight excluding hydrogens is 344 g/mol. The third-order valence-corrected chi connectivity index (χ3v) is 4.37. The number of rotatable bonds is 1. The van der Waals surface area contributed by atoms with Crippen molar-refractivity contribution in [3.63, 3.8) is 0 Å². The van der Waals surface area contributed by atoms with Crippen LogP contribution in [0.15, 0.2) is 52.1 Å². The molecule has 0 atom stereocenters. The minimum Gasteiger partial charge on any atom is -0.494 e. The Hall–Kier alpha value is -2.53. The SMILES string of the molecule is O/N=C1/C(c2c(O)[nH]c3cc(Br)ccc23)=Cc2ccccc21. The van der Waals surface area contributed by atoms with Crippen LogP contribution in [0, 0.1) is 0 Å². The zero-order chi connectivity index (χ0) is 15.3. The van der Waals surface area contributed by atoms with Crippen molar-refractivity contribution in [2.45, 2.75) is 0 Å². The van der Waals surface area contributed by atoms with Crippen molar-refractivity contribution in [3.8, 4) is 5.88 Å². The molecule has 0 spiro atoms. The Morgan fingerprint density at radius 2 is 1.91 bits per heavy atom. The molecule has 0 unspecified atom stereocenters. The van der Waals surface area contributed by atoms with Gasteiger partial charge in [-0.2, -0.15) is 0 Å². The lowest BCUT2D eigenvalue weighted by molar-refractivity contribution is 0.320. The Labute approximate surface area is 134 Å². The van der Waals surface area contributed by atoms with Crippen molar-refractivity contribution < 1.29 is 10.3 Å². The molecular formula is C17H11BrN2O2. The fourth-order valence-corrected chi connectivity index (χ4v) is 3.30. The molecule has 1 aliphatic rings. The Balaban J connectivity index is 1.99. The standard InChI is InChI=1S/C17H11BrN2O2/c18-10-5-6-12-14(8-10)19-17(21)15(12)13-7-9-3-1-2-4-11(9)16(13)20-22/h1-8,19,21-22H/b20-16+. The van der Waals surface area contributed by atoms with Crippen LogP contribution >= 0.6 is 15.9 Å². The van der Waals surface area contributed by atoms with E-state index in [1.165, 1.54) is 0 Å². The average Bonchev–Trinajstić information content (AvgIpc) is 3.02. The van der Waals surface area contributed by atoms with E-state index in [4.69, 9.17) is 0 Å². The van der Waals surface area contributed by atoms with Crippen molar-refractivity contribution in [3.05, 3.63) is 63.6 Å². The number of halogens is 1. The number of hydrogen-bond donors (Lipinski definition) is 3. The van der Waals surface area contributed by atoms with E-state index in [9.17, 15) is 10.3 Å². The van der Waals surface area contributed by atoms with E-state index in [0.717, 1.165) is 26.5 Å². The molecule has 3 N–H and O–H groups in total. The molecule has 22 heavy (non-hydrogen) atoms. The summed E-state index contributed by atoms with van der Waals surface area (Å²) in [5.74, 6) is 0.0632. The van der Waals surface area contributed by atoms with Gasteiger partial charge >= 0.3 is 0 Å². The minimum absolute atomic E-state index is 0.0632. The largest absolute Gasteiger partial charge is 0.494 e. The summed E-state index contributed by atoms with van der Waals surface area (Å²) in [6, 6.07) is 13.4. The quantitative estimate of drug-likeness (QED) is 0.448. The minimum atomic E-state index is 0.0632. The third-order valence-electron chi connectivity index (χ3n) is 3.88. The van der Waals surface area contributed by atoms with Crippen LogP contribution in [0.2, 0.25) is 0 Å². The van der Waals surface area contributed by atoms with Crippen molar-refractivity contribution in [1.82, 2.24) is 4.98 Å². The topological polar surface area (TPSA) is 68.6 Å². The van der Waals surface area contributed by atoms with Crippen molar-refractivity contribution in [2.24, 2.45) is 5.16 Å². The number of fused-ring (bicyclic) bond motifs is 2. The molecule has 3 aromatic rings. The number of aromatic nitrogens is 1. The number of aromatic amines is 1. The Kier molecular flexibility index (Phi) is 2.84. The molecule has 108 valence electrons. The van der Waals surface area contributed by atoms with Crippen LogP contribution in [0.25, 0.3) is 22.6 Å². The van der Waals surface area contributed by atoms with Gasteiger partial charge in [0.25, 0.3) is 0 Å². The molecule has 1 aliphatic carbocycles. The zero-order valence-electron chi connectivity index (χ0n) is 11.3. The molecule has 0 fully saturated rings. The number of nitrogens with one attached hydrogen (secondary N) is 1. The molecule has 4 rings (SSSR count). The van der Waals surface area contributed by atoms with Gasteiger partial charge in [-0.25, -0.2) is 0 Å². The van der Waals surface area contributed by atoms with Gasteiger partial charge < -0.3 is 15.3 Å². The van der Waals surface area contributed by atoms with E-state index in [1.54, 1.807) is 0 Å². The first-order valence-electron chi connectivity index (χ1n) is 6.73. The van der Waals surface area contributed by atoms with E-state index in [2.05, 4.69) is 26.1 Å². The number of oxime groups is 1. The summed E-state index contributed by atoms with van der Waals surface area (Å²) in [6.07, 6.45) is 1.93. The number of benzene rings is 2. The first-order chi connectivity index (χ1) is 10.7. The lowest BCUT2D eigenvalue weighted by Gasteiger charge is -2.04. The highest BCUT2D eigenvalue weighted by molar-refractivity contribution is 9.10. The fourth-order valence-electron chi connectivity index (χ4n) is 2.93. The molecule has 0 bridgehead atoms. The summed E-state index contributed by atoms with van der Waals surface area (Å²) >= 11 is 3.42. The normalized spacial score (nSPS) is 15.3. The fraction of sp³-hybridized carbons (Fsp3) is 0. The number of nitrogens with zero attached hydrogens (tertiary/aromatic N) is 1. The van der Waals surface area contributed by atoms with Gasteiger partial charge in [-0.05, 0) is 23.8 Å². The monoisotopic (exact) mass is 354 g/mol. The molecule has 0 amide bonds. The molecule has 2 aromatic carbocycles. The van der Waals surface area contributed by atoms with Gasteiger partial charge in [0.05, 0.1) is 11.1 Å². The van der Waals surface area contributed by atoms with E-state index >= 15 is 0 Å². The maximum atomic E-state index is 10.3. The number of allylic oxidation sites excluding steroid dienone is 1. The summed E-state index contributed by atoms with van der Waals surface area (Å²) in [6.45, 7) is 0. The Bertz CT molecular complexity index is 970. The number of aromatic hydroxyl groups is 1. The Morgan fingerprint density at radius 3 is 2.73 bits per heavy atom. The van der Waals surface area contributed by atoms with Gasteiger partial charge in [-0.1, -0.05) is 51.4 Å². The van der Waals surface area contributed by atoms with Gasteiger partial charge in [0.15, 0.2) is 5.88 Å². The highest BCUT2D eigenvalue weighted by Crippen LogP contribution is 2.40. The van der Waals surface area contributed by atoms with Crippen LogP contribution in [0.4, 0.5) is 0 Å².